The van der Waals surface area contributed by atoms with E-state index in [1.807, 2.05) is 12.3 Å². The summed E-state index contributed by atoms with van der Waals surface area (Å²) in [7, 11) is 0. The zero-order valence-corrected chi connectivity index (χ0v) is 11.3. The molecule has 0 bridgehead atoms. The van der Waals surface area contributed by atoms with E-state index in [9.17, 15) is 0 Å². The van der Waals surface area contributed by atoms with Gasteiger partial charge < -0.3 is 15.1 Å². The molecule has 2 N–H and O–H groups in total. The van der Waals surface area contributed by atoms with Gasteiger partial charge >= 0.3 is 6.01 Å². The van der Waals surface area contributed by atoms with Crippen molar-refractivity contribution in [3.63, 3.8) is 0 Å². The van der Waals surface area contributed by atoms with Gasteiger partial charge in [0, 0.05) is 11.6 Å². The minimum atomic E-state index is 0.0712. The van der Waals surface area contributed by atoms with Crippen molar-refractivity contribution in [2.24, 2.45) is 0 Å². The number of rotatable bonds is 7. The van der Waals surface area contributed by atoms with E-state index < -0.39 is 0 Å². The van der Waals surface area contributed by atoms with Crippen molar-refractivity contribution in [2.75, 3.05) is 11.9 Å². The van der Waals surface area contributed by atoms with Crippen LogP contribution >= 0.6 is 11.3 Å². The molecule has 6 nitrogen and oxygen atoms in total. The number of nitrogens with zero attached hydrogens (tertiary/aromatic N) is 3. The third-order valence-corrected chi connectivity index (χ3v) is 3.29. The minimum absolute atomic E-state index is 0.0712. The average molecular weight is 267 g/mol. The van der Waals surface area contributed by atoms with Gasteiger partial charge in [-0.15, -0.1) is 16.4 Å². The zero-order chi connectivity index (χ0) is 12.8. The molecular formula is C11H17N5OS. The molecule has 2 rings (SSSR count). The van der Waals surface area contributed by atoms with Crippen molar-refractivity contribution in [3.8, 4) is 0 Å². The number of hydrogen-bond donors (Lipinski definition) is 2. The lowest BCUT2D eigenvalue weighted by Crippen LogP contribution is -2.13. The van der Waals surface area contributed by atoms with Crippen molar-refractivity contribution in [2.45, 2.75) is 32.9 Å². The highest BCUT2D eigenvalue weighted by Gasteiger charge is 2.12. The van der Waals surface area contributed by atoms with Crippen molar-refractivity contribution in [1.82, 2.24) is 20.5 Å². The van der Waals surface area contributed by atoms with Gasteiger partial charge in [0.2, 0.25) is 5.89 Å². The molecule has 2 aromatic rings. The van der Waals surface area contributed by atoms with Gasteiger partial charge in [-0.1, -0.05) is 12.0 Å². The summed E-state index contributed by atoms with van der Waals surface area (Å²) in [5, 5.41) is 17.2. The lowest BCUT2D eigenvalue weighted by atomic mass is 10.4. The monoisotopic (exact) mass is 267 g/mol. The van der Waals surface area contributed by atoms with Crippen LogP contribution in [0.5, 0.6) is 0 Å². The molecule has 7 heteroatoms. The maximum Gasteiger partial charge on any atom is 0.316 e. The second-order valence-electron chi connectivity index (χ2n) is 3.91. The van der Waals surface area contributed by atoms with E-state index in [0.29, 0.717) is 18.5 Å². The molecule has 98 valence electrons. The van der Waals surface area contributed by atoms with Gasteiger partial charge in [-0.05, 0) is 19.9 Å². The Bertz CT molecular complexity index is 456. The molecule has 0 spiro atoms. The summed E-state index contributed by atoms with van der Waals surface area (Å²) in [4.78, 5) is 4.23. The van der Waals surface area contributed by atoms with Gasteiger partial charge in [0.25, 0.3) is 0 Å². The second-order valence-corrected chi connectivity index (χ2v) is 4.84. The summed E-state index contributed by atoms with van der Waals surface area (Å²) in [5.41, 5.74) is 0. The Morgan fingerprint density at radius 1 is 1.44 bits per heavy atom. The molecule has 18 heavy (non-hydrogen) atoms. The van der Waals surface area contributed by atoms with Gasteiger partial charge in [0.05, 0.1) is 12.6 Å². The molecule has 0 aliphatic heterocycles. The molecule has 1 atom stereocenters. The highest BCUT2D eigenvalue weighted by molar-refractivity contribution is 7.09. The third-order valence-electron chi connectivity index (χ3n) is 2.33. The lowest BCUT2D eigenvalue weighted by molar-refractivity contribution is 0.474. The van der Waals surface area contributed by atoms with Crippen LogP contribution in [0, 0.1) is 0 Å². The fourth-order valence-corrected chi connectivity index (χ4v) is 2.10. The Hall–Kier alpha value is -1.47. The van der Waals surface area contributed by atoms with Crippen LogP contribution in [0.15, 0.2) is 16.0 Å². The van der Waals surface area contributed by atoms with E-state index in [4.69, 9.17) is 4.42 Å². The van der Waals surface area contributed by atoms with Crippen LogP contribution in [-0.4, -0.2) is 21.7 Å². The quantitative estimate of drug-likeness (QED) is 0.749. The van der Waals surface area contributed by atoms with Crippen LogP contribution in [0.1, 0.15) is 37.2 Å². The Labute approximate surface area is 110 Å². The number of aromatic nitrogens is 3. The summed E-state index contributed by atoms with van der Waals surface area (Å²) < 4.78 is 5.48. The average Bonchev–Trinajstić information content (AvgIpc) is 3.00. The van der Waals surface area contributed by atoms with Gasteiger partial charge in [-0.25, -0.2) is 4.98 Å². The van der Waals surface area contributed by atoms with Gasteiger partial charge in [-0.3, -0.25) is 0 Å². The Morgan fingerprint density at radius 3 is 3.06 bits per heavy atom. The molecular weight excluding hydrogens is 250 g/mol. The number of thiazole rings is 1. The van der Waals surface area contributed by atoms with Crippen molar-refractivity contribution >= 4 is 17.4 Å². The first-order valence-corrected chi connectivity index (χ1v) is 6.86. The predicted molar refractivity (Wildman–Crippen MR) is 70.4 cm³/mol. The molecule has 2 aromatic heterocycles. The molecule has 0 aliphatic carbocycles. The lowest BCUT2D eigenvalue weighted by Gasteiger charge is -2.07. The van der Waals surface area contributed by atoms with E-state index >= 15 is 0 Å². The molecule has 0 radical (unpaired) electrons. The largest absolute Gasteiger partial charge is 0.407 e. The molecule has 0 saturated carbocycles. The van der Waals surface area contributed by atoms with Gasteiger partial charge in [0.15, 0.2) is 0 Å². The van der Waals surface area contributed by atoms with E-state index in [2.05, 4.69) is 32.7 Å². The first-order chi connectivity index (χ1) is 8.79. The Balaban J connectivity index is 1.86. The maximum atomic E-state index is 5.48. The fraction of sp³-hybridized carbons (Fsp3) is 0.545. The predicted octanol–water partition coefficient (Wildman–Crippen LogP) is 2.20. The Morgan fingerprint density at radius 2 is 2.33 bits per heavy atom. The minimum Gasteiger partial charge on any atom is -0.407 e. The van der Waals surface area contributed by atoms with E-state index in [-0.39, 0.29) is 6.04 Å². The topological polar surface area (TPSA) is 75.9 Å². The smallest absolute Gasteiger partial charge is 0.316 e. The van der Waals surface area contributed by atoms with Crippen molar-refractivity contribution in [3.05, 3.63) is 22.5 Å². The first-order valence-electron chi connectivity index (χ1n) is 5.98. The standard InChI is InChI=1S/C11H17N5OS/c1-3-4-12-7-9-15-16-11(17-9)14-8(2)10-13-5-6-18-10/h5-6,8,12H,3-4,7H2,1-2H3,(H,14,16). The summed E-state index contributed by atoms with van der Waals surface area (Å²) in [6.07, 6.45) is 2.87. The molecule has 2 heterocycles. The van der Waals surface area contributed by atoms with E-state index in [0.717, 1.165) is 18.0 Å². The fourth-order valence-electron chi connectivity index (χ4n) is 1.45. The SMILES string of the molecule is CCCNCc1nnc(NC(C)c2nccs2)o1. The molecule has 0 aliphatic rings. The highest BCUT2D eigenvalue weighted by atomic mass is 32.1. The highest BCUT2D eigenvalue weighted by Crippen LogP contribution is 2.19. The Kier molecular flexibility index (Phi) is 4.66. The zero-order valence-electron chi connectivity index (χ0n) is 10.5. The summed E-state index contributed by atoms with van der Waals surface area (Å²) in [6.45, 7) is 5.68. The molecule has 0 saturated heterocycles. The number of hydrogen-bond acceptors (Lipinski definition) is 7. The number of anilines is 1. The normalized spacial score (nSPS) is 12.6. The molecule has 0 fully saturated rings. The van der Waals surface area contributed by atoms with Crippen molar-refractivity contribution < 1.29 is 4.42 Å². The summed E-state index contributed by atoms with van der Waals surface area (Å²) >= 11 is 1.60. The van der Waals surface area contributed by atoms with Crippen molar-refractivity contribution in [1.29, 1.82) is 0 Å². The van der Waals surface area contributed by atoms with Crippen LogP contribution in [0.2, 0.25) is 0 Å². The molecule has 1 unspecified atom stereocenters. The summed E-state index contributed by atoms with van der Waals surface area (Å²) in [5.74, 6) is 0.595. The van der Waals surface area contributed by atoms with E-state index in [1.165, 1.54) is 0 Å². The van der Waals surface area contributed by atoms with Crippen LogP contribution in [-0.2, 0) is 6.54 Å². The first kappa shape index (κ1) is 13.0. The maximum absolute atomic E-state index is 5.48. The van der Waals surface area contributed by atoms with Gasteiger partial charge in [0.1, 0.15) is 5.01 Å². The summed E-state index contributed by atoms with van der Waals surface area (Å²) in [6, 6.07) is 0.507. The second kappa shape index (κ2) is 6.46. The third kappa shape index (κ3) is 3.51. The molecule has 0 amide bonds. The van der Waals surface area contributed by atoms with Crippen LogP contribution in [0.3, 0.4) is 0 Å². The number of nitrogens with one attached hydrogen (secondary N) is 2. The van der Waals surface area contributed by atoms with Gasteiger partial charge in [-0.2, -0.15) is 0 Å². The van der Waals surface area contributed by atoms with E-state index in [1.54, 1.807) is 17.5 Å². The molecule has 0 aromatic carbocycles. The van der Waals surface area contributed by atoms with Crippen LogP contribution < -0.4 is 10.6 Å². The van der Waals surface area contributed by atoms with Crippen LogP contribution in [0.25, 0.3) is 0 Å². The van der Waals surface area contributed by atoms with Crippen LogP contribution in [0.4, 0.5) is 6.01 Å².